The molecule has 0 N–H and O–H groups in total. The summed E-state index contributed by atoms with van der Waals surface area (Å²) in [5.41, 5.74) is 5.22. The summed E-state index contributed by atoms with van der Waals surface area (Å²) in [6.45, 7) is 6.35. The van der Waals surface area contributed by atoms with E-state index in [0.29, 0.717) is 5.88 Å². The van der Waals surface area contributed by atoms with Crippen LogP contribution in [-0.4, -0.2) is 0 Å². The fourth-order valence-corrected chi connectivity index (χ4v) is 1.68. The largest absolute Gasteiger partial charge is 0.122 e. The number of rotatable bonds is 2. The maximum absolute atomic E-state index is 5.58. The molecule has 96 valence electrons. The van der Waals surface area contributed by atoms with E-state index in [1.165, 1.54) is 22.3 Å². The molecule has 0 saturated carbocycles. The fraction of sp³-hybridized carbons (Fsp3) is 0.294. The second kappa shape index (κ2) is 7.94. The van der Waals surface area contributed by atoms with Crippen molar-refractivity contribution < 1.29 is 0 Å². The molecule has 0 amide bonds. The lowest BCUT2D eigenvalue weighted by molar-refractivity contribution is 1.14. The van der Waals surface area contributed by atoms with E-state index in [0.717, 1.165) is 6.42 Å². The van der Waals surface area contributed by atoms with Gasteiger partial charge < -0.3 is 0 Å². The number of aryl methyl sites for hydroxylation is 3. The number of benzene rings is 2. The Labute approximate surface area is 116 Å². The Morgan fingerprint density at radius 1 is 0.722 bits per heavy atom. The second-order valence-corrected chi connectivity index (χ2v) is 4.73. The van der Waals surface area contributed by atoms with Crippen molar-refractivity contribution in [3.63, 3.8) is 0 Å². The summed E-state index contributed by atoms with van der Waals surface area (Å²) in [5.74, 6) is 0.611. The topological polar surface area (TPSA) is 0 Å². The zero-order valence-corrected chi connectivity index (χ0v) is 12.2. The third-order valence-electron chi connectivity index (χ3n) is 2.80. The van der Waals surface area contributed by atoms with Gasteiger partial charge in [-0.3, -0.25) is 0 Å². The maximum atomic E-state index is 5.58. The monoisotopic (exact) mass is 260 g/mol. The minimum Gasteiger partial charge on any atom is -0.122 e. The zero-order chi connectivity index (χ0) is 13.4. The fourth-order valence-electron chi connectivity index (χ4n) is 1.50. The first kappa shape index (κ1) is 14.8. The summed E-state index contributed by atoms with van der Waals surface area (Å²) in [7, 11) is 0. The Bertz CT molecular complexity index is 395. The van der Waals surface area contributed by atoms with Crippen LogP contribution in [0, 0.1) is 13.8 Å². The molecule has 2 rings (SSSR count). The molecule has 0 aliphatic heterocycles. The van der Waals surface area contributed by atoms with E-state index in [-0.39, 0.29) is 0 Å². The number of alkyl halides is 1. The van der Waals surface area contributed by atoms with E-state index >= 15 is 0 Å². The normalized spacial score (nSPS) is 9.56. The molecular formula is C17H21Cl. The molecular weight excluding hydrogens is 240 g/mol. The van der Waals surface area contributed by atoms with Crippen LogP contribution in [0.1, 0.15) is 29.2 Å². The highest BCUT2D eigenvalue weighted by molar-refractivity contribution is 6.17. The molecule has 0 spiro atoms. The molecule has 0 radical (unpaired) electrons. The van der Waals surface area contributed by atoms with Crippen molar-refractivity contribution in [3.8, 4) is 0 Å². The van der Waals surface area contributed by atoms with E-state index in [4.69, 9.17) is 11.6 Å². The first-order valence-corrected chi connectivity index (χ1v) is 6.86. The van der Waals surface area contributed by atoms with Gasteiger partial charge in [-0.25, -0.2) is 0 Å². The van der Waals surface area contributed by atoms with Crippen molar-refractivity contribution >= 4 is 11.6 Å². The van der Waals surface area contributed by atoms with Gasteiger partial charge in [0, 0.05) is 5.88 Å². The smallest absolute Gasteiger partial charge is 0.0474 e. The van der Waals surface area contributed by atoms with Crippen molar-refractivity contribution in [1.29, 1.82) is 0 Å². The van der Waals surface area contributed by atoms with Crippen LogP contribution in [0.2, 0.25) is 0 Å². The Morgan fingerprint density at radius 3 is 1.44 bits per heavy atom. The van der Waals surface area contributed by atoms with E-state index in [2.05, 4.69) is 57.2 Å². The van der Waals surface area contributed by atoms with Crippen LogP contribution in [0.3, 0.4) is 0 Å². The Morgan fingerprint density at radius 2 is 1.11 bits per heavy atom. The van der Waals surface area contributed by atoms with Gasteiger partial charge >= 0.3 is 0 Å². The van der Waals surface area contributed by atoms with Gasteiger partial charge in [0.05, 0.1) is 0 Å². The summed E-state index contributed by atoms with van der Waals surface area (Å²) < 4.78 is 0. The van der Waals surface area contributed by atoms with Crippen LogP contribution < -0.4 is 0 Å². The molecule has 0 saturated heterocycles. The molecule has 18 heavy (non-hydrogen) atoms. The number of hydrogen-bond acceptors (Lipinski definition) is 0. The SMILES string of the molecule is CCc1ccc(C)cc1.Cc1ccc(CCl)cc1. The molecule has 0 nitrogen and oxygen atoms in total. The van der Waals surface area contributed by atoms with Gasteiger partial charge in [-0.1, -0.05) is 66.6 Å². The average molecular weight is 261 g/mol. The van der Waals surface area contributed by atoms with Gasteiger partial charge in [-0.2, -0.15) is 0 Å². The minimum atomic E-state index is 0.611. The van der Waals surface area contributed by atoms with Crippen molar-refractivity contribution in [2.75, 3.05) is 0 Å². The quantitative estimate of drug-likeness (QED) is 0.644. The molecule has 2 aromatic rings. The van der Waals surface area contributed by atoms with Crippen LogP contribution in [0.5, 0.6) is 0 Å². The summed E-state index contributed by atoms with van der Waals surface area (Å²) in [5, 5.41) is 0. The van der Waals surface area contributed by atoms with Gasteiger partial charge in [-0.15, -0.1) is 11.6 Å². The van der Waals surface area contributed by atoms with Crippen molar-refractivity contribution in [2.45, 2.75) is 33.1 Å². The lowest BCUT2D eigenvalue weighted by Crippen LogP contribution is -1.77. The van der Waals surface area contributed by atoms with Crippen molar-refractivity contribution in [3.05, 3.63) is 70.8 Å². The molecule has 0 unspecified atom stereocenters. The lowest BCUT2D eigenvalue weighted by Gasteiger charge is -1.94. The van der Waals surface area contributed by atoms with Gasteiger partial charge in [0.1, 0.15) is 0 Å². The summed E-state index contributed by atoms with van der Waals surface area (Å²) in [4.78, 5) is 0. The number of hydrogen-bond donors (Lipinski definition) is 0. The van der Waals surface area contributed by atoms with Gasteiger partial charge in [-0.05, 0) is 31.4 Å². The van der Waals surface area contributed by atoms with E-state index < -0.39 is 0 Å². The molecule has 1 heteroatoms. The summed E-state index contributed by atoms with van der Waals surface area (Å²) >= 11 is 5.58. The highest BCUT2D eigenvalue weighted by Gasteiger charge is 1.86. The summed E-state index contributed by atoms with van der Waals surface area (Å²) in [6.07, 6.45) is 1.14. The Balaban J connectivity index is 0.000000180. The van der Waals surface area contributed by atoms with E-state index in [1.807, 2.05) is 12.1 Å². The van der Waals surface area contributed by atoms with E-state index in [9.17, 15) is 0 Å². The van der Waals surface area contributed by atoms with Crippen LogP contribution in [0.25, 0.3) is 0 Å². The van der Waals surface area contributed by atoms with Crippen molar-refractivity contribution in [2.24, 2.45) is 0 Å². The van der Waals surface area contributed by atoms with Crippen molar-refractivity contribution in [1.82, 2.24) is 0 Å². The average Bonchev–Trinajstić information content (AvgIpc) is 2.41. The third-order valence-corrected chi connectivity index (χ3v) is 3.11. The van der Waals surface area contributed by atoms with E-state index in [1.54, 1.807) is 0 Å². The molecule has 0 aliphatic carbocycles. The molecule has 2 aromatic carbocycles. The second-order valence-electron chi connectivity index (χ2n) is 4.46. The lowest BCUT2D eigenvalue weighted by atomic mass is 10.1. The van der Waals surface area contributed by atoms with Gasteiger partial charge in [0.15, 0.2) is 0 Å². The van der Waals surface area contributed by atoms with Gasteiger partial charge in [0.25, 0.3) is 0 Å². The predicted molar refractivity (Wildman–Crippen MR) is 81.3 cm³/mol. The highest BCUT2D eigenvalue weighted by atomic mass is 35.5. The molecule has 0 bridgehead atoms. The molecule has 0 aliphatic rings. The third kappa shape index (κ3) is 5.37. The van der Waals surface area contributed by atoms with Gasteiger partial charge in [0.2, 0.25) is 0 Å². The number of halogens is 1. The van der Waals surface area contributed by atoms with Crippen LogP contribution in [0.15, 0.2) is 48.5 Å². The zero-order valence-electron chi connectivity index (χ0n) is 11.4. The first-order chi connectivity index (χ1) is 8.65. The highest BCUT2D eigenvalue weighted by Crippen LogP contribution is 2.04. The standard InChI is InChI=1S/C9H12.C8H9Cl/c1-3-9-6-4-8(2)5-7-9;1-7-2-4-8(6-9)5-3-7/h4-7H,3H2,1-2H3;2-5H,6H2,1H3. The molecule has 0 aromatic heterocycles. The molecule has 0 heterocycles. The Hall–Kier alpha value is -1.27. The molecule has 0 atom stereocenters. The van der Waals surface area contributed by atoms with Crippen LogP contribution in [0.4, 0.5) is 0 Å². The summed E-state index contributed by atoms with van der Waals surface area (Å²) in [6, 6.07) is 16.9. The predicted octanol–water partition coefficient (Wildman–Crippen LogP) is 5.29. The molecule has 0 fully saturated rings. The first-order valence-electron chi connectivity index (χ1n) is 6.32. The Kier molecular flexibility index (Phi) is 6.53. The van der Waals surface area contributed by atoms with Crippen LogP contribution >= 0.6 is 11.6 Å². The minimum absolute atomic E-state index is 0.611. The maximum Gasteiger partial charge on any atom is 0.0474 e. The van der Waals surface area contributed by atoms with Crippen LogP contribution in [-0.2, 0) is 12.3 Å².